The number of carbonyl (C=O) groups is 5. The molecule has 3 amide bonds. The fourth-order valence-corrected chi connectivity index (χ4v) is 6.69. The van der Waals surface area contributed by atoms with Crippen molar-refractivity contribution in [3.05, 3.63) is 89.8 Å². The van der Waals surface area contributed by atoms with E-state index in [4.69, 9.17) is 25.1 Å². The van der Waals surface area contributed by atoms with Gasteiger partial charge in [-0.2, -0.15) is 13.2 Å². The van der Waals surface area contributed by atoms with Gasteiger partial charge in [0, 0.05) is 61.4 Å². The number of benzene rings is 2. The number of anilines is 1. The number of phenolic OH excluding ortho intramolecular Hbond substituents is 1. The fourth-order valence-electron chi connectivity index (χ4n) is 6.69. The summed E-state index contributed by atoms with van der Waals surface area (Å²) in [6, 6.07) is 14.9. The molecule has 3 heterocycles. The van der Waals surface area contributed by atoms with Crippen LogP contribution in [-0.4, -0.2) is 123 Å². The molecule has 2 fully saturated rings. The molecular weight excluding hydrogens is 839 g/mol. The number of hydrogen-bond donors (Lipinski definition) is 8. The first-order valence-corrected chi connectivity index (χ1v) is 19.9. The average Bonchev–Trinajstić information content (AvgIpc) is 3.23. The number of hydrogen-bond acceptors (Lipinski definition) is 13. The van der Waals surface area contributed by atoms with Crippen molar-refractivity contribution in [3.8, 4) is 11.5 Å². The van der Waals surface area contributed by atoms with Gasteiger partial charge in [0.05, 0.1) is 5.69 Å². The highest BCUT2D eigenvalue weighted by Crippen LogP contribution is 2.31. The predicted octanol–water partition coefficient (Wildman–Crippen LogP) is 0.437. The first kappa shape index (κ1) is 49.5. The van der Waals surface area contributed by atoms with Crippen LogP contribution in [0.15, 0.2) is 73.1 Å². The number of aromatic nitrogens is 1. The Kier molecular flexibility index (Phi) is 18.4. The summed E-state index contributed by atoms with van der Waals surface area (Å²) in [6.45, 7) is 2.35. The number of nitrogens with zero attached hydrogens (tertiary/aromatic N) is 2. The van der Waals surface area contributed by atoms with Crippen molar-refractivity contribution in [3.63, 3.8) is 0 Å². The minimum atomic E-state index is -5.19. The van der Waals surface area contributed by atoms with Gasteiger partial charge in [-0.25, -0.2) is 9.36 Å². The number of phenols is 1. The van der Waals surface area contributed by atoms with Crippen molar-refractivity contribution >= 4 is 41.4 Å². The summed E-state index contributed by atoms with van der Waals surface area (Å²) >= 11 is 0. The lowest BCUT2D eigenvalue weighted by Gasteiger charge is -2.38. The molecule has 0 aliphatic carbocycles. The molecule has 5 atom stereocenters. The highest BCUT2D eigenvalue weighted by atomic mass is 19.4. The van der Waals surface area contributed by atoms with Crippen molar-refractivity contribution in [2.45, 2.75) is 82.0 Å². The van der Waals surface area contributed by atoms with Crippen molar-refractivity contribution in [1.29, 1.82) is 0 Å². The van der Waals surface area contributed by atoms with Gasteiger partial charge in [0.15, 0.2) is 25.0 Å². The predicted molar refractivity (Wildman–Crippen MR) is 213 cm³/mol. The summed E-state index contributed by atoms with van der Waals surface area (Å²) in [7, 11) is 0. The van der Waals surface area contributed by atoms with Crippen molar-refractivity contribution in [2.75, 3.05) is 31.5 Å². The van der Waals surface area contributed by atoms with Crippen LogP contribution in [0.3, 0.4) is 0 Å². The van der Waals surface area contributed by atoms with Crippen LogP contribution < -0.4 is 30.8 Å². The number of aliphatic carboxylic acids is 2. The van der Waals surface area contributed by atoms with Gasteiger partial charge >= 0.3 is 12.1 Å². The molecule has 0 spiro atoms. The lowest BCUT2D eigenvalue weighted by atomic mass is 9.91. The third-order valence-corrected chi connectivity index (χ3v) is 9.98. The Morgan fingerprint density at radius 2 is 1.70 bits per heavy atom. The maximum absolute atomic E-state index is 12.7. The van der Waals surface area contributed by atoms with E-state index in [2.05, 4.69) is 10.6 Å². The van der Waals surface area contributed by atoms with Crippen LogP contribution >= 0.6 is 0 Å². The molecule has 1 aromatic heterocycles. The number of carbonyl (C=O) groups excluding carboxylic acids is 4. The Bertz CT molecular complexity index is 2080. The second-order valence-electron chi connectivity index (χ2n) is 14.8. The molecule has 18 nitrogen and oxygen atoms in total. The molecule has 9 N–H and O–H groups in total. The number of alkyl halides is 3. The monoisotopic (exact) mass is 889 g/mol. The van der Waals surface area contributed by atoms with E-state index in [1.165, 1.54) is 18.2 Å². The number of aliphatic hydroxyl groups is 3. The van der Waals surface area contributed by atoms with Gasteiger partial charge in [0.25, 0.3) is 5.91 Å². The van der Waals surface area contributed by atoms with E-state index in [1.54, 1.807) is 36.4 Å². The highest BCUT2D eigenvalue weighted by Gasteiger charge is 2.48. The molecule has 21 heteroatoms. The van der Waals surface area contributed by atoms with E-state index >= 15 is 0 Å². The first-order valence-electron chi connectivity index (χ1n) is 19.9. The number of nitrogens with one attached hydrogen (secondary N) is 2. The normalized spacial score (nSPS) is 20.3. The zero-order chi connectivity index (χ0) is 46.3. The molecule has 3 aromatic rings. The Hall–Kier alpha value is -6.13. The van der Waals surface area contributed by atoms with Gasteiger partial charge in [0.1, 0.15) is 35.8 Å². The molecule has 342 valence electrons. The van der Waals surface area contributed by atoms with Crippen molar-refractivity contribution in [1.82, 2.24) is 10.2 Å². The molecule has 0 radical (unpaired) electrons. The lowest BCUT2D eigenvalue weighted by Crippen LogP contribution is -2.61. The zero-order valence-electron chi connectivity index (χ0n) is 33.9. The zero-order valence-corrected chi connectivity index (χ0v) is 33.9. The van der Waals surface area contributed by atoms with Crippen LogP contribution in [0.25, 0.3) is 6.08 Å². The number of unbranched alkanes of at least 4 members (excludes halogenated alkanes) is 1. The maximum atomic E-state index is 12.7. The van der Waals surface area contributed by atoms with E-state index in [0.29, 0.717) is 37.7 Å². The number of aliphatic hydroxyl groups excluding tert-OH is 3. The minimum absolute atomic E-state index is 0.00257. The molecule has 0 saturated carbocycles. The summed E-state index contributed by atoms with van der Waals surface area (Å²) < 4.78 is 44.4. The molecule has 2 aliphatic heterocycles. The Labute approximate surface area is 359 Å². The Balaban J connectivity index is 0.00000115. The number of amides is 3. The third-order valence-electron chi connectivity index (χ3n) is 9.98. The molecule has 2 aromatic carbocycles. The topological polar surface area (TPSA) is 285 Å². The van der Waals surface area contributed by atoms with E-state index in [1.807, 2.05) is 34.0 Å². The number of aromatic hydroxyl groups is 1. The van der Waals surface area contributed by atoms with Gasteiger partial charge in [-0.05, 0) is 73.7 Å². The van der Waals surface area contributed by atoms with E-state index < -0.39 is 54.7 Å². The van der Waals surface area contributed by atoms with Gasteiger partial charge in [0.2, 0.25) is 18.1 Å². The molecule has 0 bridgehead atoms. The molecule has 63 heavy (non-hydrogen) atoms. The lowest BCUT2D eigenvalue weighted by molar-refractivity contribution is -0.688. The number of rotatable bonds is 16. The van der Waals surface area contributed by atoms with Crippen LogP contribution in [0.1, 0.15) is 60.0 Å². The third kappa shape index (κ3) is 15.3. The summed E-state index contributed by atoms with van der Waals surface area (Å²) in [5.41, 5.74) is 7.71. The quantitative estimate of drug-likeness (QED) is 0.0551. The molecule has 2 saturated heterocycles. The van der Waals surface area contributed by atoms with Crippen LogP contribution in [-0.2, 0) is 30.5 Å². The number of ether oxygens (including phenoxy) is 2. The van der Waals surface area contributed by atoms with E-state index in [-0.39, 0.29) is 42.0 Å². The second-order valence-corrected chi connectivity index (χ2v) is 14.8. The number of carboxylic acids is 2. The van der Waals surface area contributed by atoms with Crippen molar-refractivity contribution in [2.24, 2.45) is 11.7 Å². The number of pyridine rings is 1. The summed E-state index contributed by atoms with van der Waals surface area (Å²) in [5.74, 6) is -4.63. The first-order chi connectivity index (χ1) is 29.9. The number of piperidine rings is 1. The Morgan fingerprint density at radius 3 is 2.35 bits per heavy atom. The van der Waals surface area contributed by atoms with Gasteiger partial charge in [-0.1, -0.05) is 18.9 Å². The number of likely N-dealkylation sites (tertiary alicyclic amines) is 1. The summed E-state index contributed by atoms with van der Waals surface area (Å²) in [5, 5.41) is 64.1. The second kappa shape index (κ2) is 23.4. The maximum Gasteiger partial charge on any atom is 0.430 e. The van der Waals surface area contributed by atoms with Crippen LogP contribution in [0.2, 0.25) is 0 Å². The van der Waals surface area contributed by atoms with Crippen molar-refractivity contribution < 1.29 is 81.8 Å². The number of nitrogens with two attached hydrogens (primary N) is 1. The van der Waals surface area contributed by atoms with Crippen LogP contribution in [0, 0.1) is 5.92 Å². The minimum Gasteiger partial charge on any atom is -0.542 e. The van der Waals surface area contributed by atoms with Crippen LogP contribution in [0.4, 0.5) is 18.9 Å². The molecule has 2 aliphatic rings. The van der Waals surface area contributed by atoms with Crippen LogP contribution in [0.5, 0.6) is 11.5 Å². The van der Waals surface area contributed by atoms with E-state index in [0.717, 1.165) is 43.2 Å². The fraction of sp³-hybridized carbons (Fsp3) is 0.429. The smallest absolute Gasteiger partial charge is 0.430 e. The molecule has 5 rings (SSSR count). The molecule has 0 unspecified atom stereocenters. The van der Waals surface area contributed by atoms with Gasteiger partial charge < -0.3 is 66.2 Å². The SMILES string of the molecule is NCCC(=O)Nc1cc(C[n+]2cccc(/C=C/C(=O)NCCCCC3CCN(C(=O)c4cccc(O)c4)CC3)c2)ccc1O[C@@H]1O[C@H](C(=O)O)[C@@H](O)[C@H](O)[C@H]1O.O=C([O-])C(F)(F)F. The van der Waals surface area contributed by atoms with Gasteiger partial charge in [-0.15, -0.1) is 0 Å². The summed E-state index contributed by atoms with van der Waals surface area (Å²) in [4.78, 5) is 60.0. The Morgan fingerprint density at radius 1 is 0.984 bits per heavy atom. The van der Waals surface area contributed by atoms with Gasteiger partial charge in [-0.3, -0.25) is 14.4 Å². The average molecular weight is 890 g/mol. The number of halogens is 3. The highest BCUT2D eigenvalue weighted by molar-refractivity contribution is 5.95. The standard InChI is InChI=1S/C40H49N5O11.C2HF3O2/c41-16-13-33(48)43-30-21-27(9-11-31(30)55-40-36(51)34(49)35(50)37(56-40)39(53)54)24-44-18-4-6-26(23-44)10-12-32(47)42-17-2-1-5-25-14-19-45(20-15-25)38(52)28-7-3-8-29(46)22-28;3-2(4,5)1(6)7/h3-4,6-12,18,21-23,25,34-37,40,49-51H,1-2,5,13-17,19-20,24,41H2,(H3-,42,43,46,47,48,53,54);(H,6,7)/b12-10+;/t34-,35-,36+,37-,40+;/m0./s1. The largest absolute Gasteiger partial charge is 0.542 e. The number of carboxylic acid groups (broad SMARTS) is 2. The van der Waals surface area contributed by atoms with E-state index in [9.17, 15) is 57.9 Å². The summed E-state index contributed by atoms with van der Waals surface area (Å²) in [6.07, 6.45) is -2.72. The molecular formula is C42H50F3N5O13.